The van der Waals surface area contributed by atoms with Gasteiger partial charge in [0.25, 0.3) is 5.56 Å². The van der Waals surface area contributed by atoms with Crippen LogP contribution in [-0.2, 0) is 4.79 Å². The van der Waals surface area contributed by atoms with Crippen molar-refractivity contribution in [2.75, 3.05) is 5.32 Å². The van der Waals surface area contributed by atoms with Gasteiger partial charge in [0.05, 0.1) is 12.2 Å². The van der Waals surface area contributed by atoms with Gasteiger partial charge in [-0.25, -0.2) is 4.68 Å². The van der Waals surface area contributed by atoms with E-state index in [0.717, 1.165) is 24.2 Å². The van der Waals surface area contributed by atoms with Crippen molar-refractivity contribution < 1.29 is 4.79 Å². The van der Waals surface area contributed by atoms with Crippen LogP contribution in [0, 0.1) is 0 Å². The summed E-state index contributed by atoms with van der Waals surface area (Å²) in [5, 5.41) is 7.46. The van der Waals surface area contributed by atoms with E-state index in [4.69, 9.17) is 0 Å². The number of aromatic amines is 1. The van der Waals surface area contributed by atoms with Crippen LogP contribution < -0.4 is 10.9 Å². The van der Waals surface area contributed by atoms with Crippen molar-refractivity contribution in [1.82, 2.24) is 14.8 Å². The molecule has 4 rings (SSSR count). The van der Waals surface area contributed by atoms with Gasteiger partial charge in [-0.2, -0.15) is 5.10 Å². The van der Waals surface area contributed by atoms with Crippen LogP contribution in [0.25, 0.3) is 0 Å². The number of amides is 1. The Morgan fingerprint density at radius 2 is 2.00 bits per heavy atom. The van der Waals surface area contributed by atoms with E-state index in [1.165, 1.54) is 12.8 Å². The molecule has 0 bridgehead atoms. The quantitative estimate of drug-likeness (QED) is 0.891. The number of carbonyl (C=O) groups is 1. The van der Waals surface area contributed by atoms with Gasteiger partial charge in [0.15, 0.2) is 0 Å². The van der Waals surface area contributed by atoms with E-state index in [0.29, 0.717) is 11.6 Å². The number of pyridine rings is 1. The molecular weight excluding hydrogens is 280 g/mol. The predicted octanol–water partition coefficient (Wildman–Crippen LogP) is 2.16. The Morgan fingerprint density at radius 3 is 2.77 bits per heavy atom. The molecule has 6 nitrogen and oxygen atoms in total. The van der Waals surface area contributed by atoms with Gasteiger partial charge < -0.3 is 10.3 Å². The first-order valence-electron chi connectivity index (χ1n) is 7.79. The summed E-state index contributed by atoms with van der Waals surface area (Å²) in [4.78, 5) is 26.9. The lowest BCUT2D eigenvalue weighted by Crippen LogP contribution is -2.28. The average Bonchev–Trinajstić information content (AvgIpc) is 3.15. The number of aromatic nitrogens is 3. The highest BCUT2D eigenvalue weighted by Crippen LogP contribution is 2.39. The highest BCUT2D eigenvalue weighted by Gasteiger charge is 2.33. The molecule has 1 saturated carbocycles. The second-order valence-electron chi connectivity index (χ2n) is 6.09. The first-order chi connectivity index (χ1) is 10.7. The van der Waals surface area contributed by atoms with Crippen molar-refractivity contribution in [3.8, 4) is 0 Å². The van der Waals surface area contributed by atoms with Gasteiger partial charge in [0, 0.05) is 29.7 Å². The highest BCUT2D eigenvalue weighted by atomic mass is 16.2. The lowest BCUT2D eigenvalue weighted by atomic mass is 9.88. The van der Waals surface area contributed by atoms with Gasteiger partial charge in [-0.05, 0) is 18.9 Å². The van der Waals surface area contributed by atoms with Crippen LogP contribution in [-0.4, -0.2) is 20.7 Å². The summed E-state index contributed by atoms with van der Waals surface area (Å²) >= 11 is 0. The lowest BCUT2D eigenvalue weighted by molar-refractivity contribution is -0.116. The third-order valence-electron chi connectivity index (χ3n) is 4.74. The zero-order valence-electron chi connectivity index (χ0n) is 12.2. The molecule has 114 valence electrons. The monoisotopic (exact) mass is 298 g/mol. The molecule has 0 aromatic carbocycles. The molecule has 1 fully saturated rings. The van der Waals surface area contributed by atoms with E-state index in [1.54, 1.807) is 18.3 Å². The topological polar surface area (TPSA) is 79.8 Å². The zero-order chi connectivity index (χ0) is 15.1. The van der Waals surface area contributed by atoms with Crippen LogP contribution in [0.3, 0.4) is 0 Å². The Bertz CT molecular complexity index is 770. The van der Waals surface area contributed by atoms with Gasteiger partial charge in [0.2, 0.25) is 5.91 Å². The number of hydrogen-bond donors (Lipinski definition) is 2. The number of rotatable bonds is 2. The third kappa shape index (κ3) is 2.06. The fourth-order valence-corrected chi connectivity index (χ4v) is 3.65. The molecule has 6 heteroatoms. The number of carbonyl (C=O) groups excluding carboxylic acids is 1. The SMILES string of the molecule is O=C1CC(c2ccc[nH]c2=O)c2cnn(C3CCCC3)c2N1. The molecule has 2 N–H and O–H groups in total. The Balaban J connectivity index is 1.80. The Hall–Kier alpha value is -2.37. The molecule has 1 atom stereocenters. The van der Waals surface area contributed by atoms with Gasteiger partial charge in [-0.15, -0.1) is 0 Å². The van der Waals surface area contributed by atoms with Crippen LogP contribution in [0.4, 0.5) is 5.82 Å². The molecule has 0 saturated heterocycles. The summed E-state index contributed by atoms with van der Waals surface area (Å²) in [6.07, 6.45) is 8.31. The summed E-state index contributed by atoms with van der Waals surface area (Å²) in [6, 6.07) is 3.94. The third-order valence-corrected chi connectivity index (χ3v) is 4.74. The van der Waals surface area contributed by atoms with E-state index in [2.05, 4.69) is 15.4 Å². The van der Waals surface area contributed by atoms with E-state index in [1.807, 2.05) is 10.9 Å². The van der Waals surface area contributed by atoms with Crippen molar-refractivity contribution in [3.05, 3.63) is 46.0 Å². The summed E-state index contributed by atoms with van der Waals surface area (Å²) in [6.45, 7) is 0. The van der Waals surface area contributed by atoms with Gasteiger partial charge in [-0.1, -0.05) is 18.9 Å². The van der Waals surface area contributed by atoms with Crippen molar-refractivity contribution in [1.29, 1.82) is 0 Å². The standard InChI is InChI=1S/C16H18N4O2/c21-14-8-12(11-6-3-7-17-16(11)22)13-9-18-20(15(13)19-14)10-4-1-2-5-10/h3,6-7,9-10,12H,1-2,4-5,8H2,(H,17,22)(H,19,21). The molecule has 22 heavy (non-hydrogen) atoms. The van der Waals surface area contributed by atoms with Gasteiger partial charge in [0.1, 0.15) is 5.82 Å². The van der Waals surface area contributed by atoms with Crippen LogP contribution in [0.5, 0.6) is 0 Å². The van der Waals surface area contributed by atoms with Crippen LogP contribution in [0.1, 0.15) is 55.2 Å². The largest absolute Gasteiger partial charge is 0.329 e. The molecule has 3 heterocycles. The van der Waals surface area contributed by atoms with E-state index >= 15 is 0 Å². The summed E-state index contributed by atoms with van der Waals surface area (Å²) in [7, 11) is 0. The molecule has 0 spiro atoms. The summed E-state index contributed by atoms with van der Waals surface area (Å²) < 4.78 is 1.95. The van der Waals surface area contributed by atoms with Crippen molar-refractivity contribution in [2.45, 2.75) is 44.1 Å². The number of H-pyrrole nitrogens is 1. The fraction of sp³-hybridized carbons (Fsp3) is 0.438. The fourth-order valence-electron chi connectivity index (χ4n) is 3.65. The molecule has 0 radical (unpaired) electrons. The van der Waals surface area contributed by atoms with Gasteiger partial charge in [-0.3, -0.25) is 9.59 Å². The normalized spacial score (nSPS) is 21.6. The van der Waals surface area contributed by atoms with Crippen LogP contribution >= 0.6 is 0 Å². The first kappa shape index (κ1) is 13.3. The van der Waals surface area contributed by atoms with E-state index < -0.39 is 0 Å². The maximum absolute atomic E-state index is 12.1. The molecule has 2 aliphatic rings. The Kier molecular flexibility index (Phi) is 3.10. The second kappa shape index (κ2) is 5.12. The molecular formula is C16H18N4O2. The number of fused-ring (bicyclic) bond motifs is 1. The number of nitrogens with zero attached hydrogens (tertiary/aromatic N) is 2. The Labute approximate surface area is 127 Å². The maximum atomic E-state index is 12.1. The average molecular weight is 298 g/mol. The minimum Gasteiger partial charge on any atom is -0.329 e. The summed E-state index contributed by atoms with van der Waals surface area (Å²) in [5.41, 5.74) is 1.44. The zero-order valence-corrected chi connectivity index (χ0v) is 12.2. The molecule has 1 aliphatic carbocycles. The van der Waals surface area contributed by atoms with Crippen molar-refractivity contribution >= 4 is 11.7 Å². The highest BCUT2D eigenvalue weighted by molar-refractivity contribution is 5.94. The van der Waals surface area contributed by atoms with Crippen LogP contribution in [0.15, 0.2) is 29.3 Å². The molecule has 2 aromatic rings. The predicted molar refractivity (Wildman–Crippen MR) is 81.9 cm³/mol. The molecule has 2 aromatic heterocycles. The maximum Gasteiger partial charge on any atom is 0.251 e. The van der Waals surface area contributed by atoms with E-state index in [9.17, 15) is 9.59 Å². The lowest BCUT2D eigenvalue weighted by Gasteiger charge is -2.24. The number of hydrogen-bond acceptors (Lipinski definition) is 3. The van der Waals surface area contributed by atoms with Crippen LogP contribution in [0.2, 0.25) is 0 Å². The Morgan fingerprint density at radius 1 is 1.18 bits per heavy atom. The van der Waals surface area contributed by atoms with Crippen molar-refractivity contribution in [3.63, 3.8) is 0 Å². The number of nitrogens with one attached hydrogen (secondary N) is 2. The first-order valence-corrected chi connectivity index (χ1v) is 7.79. The molecule has 1 aliphatic heterocycles. The van der Waals surface area contributed by atoms with Crippen molar-refractivity contribution in [2.24, 2.45) is 0 Å². The minimum atomic E-state index is -0.219. The van der Waals surface area contributed by atoms with E-state index in [-0.39, 0.29) is 23.8 Å². The minimum absolute atomic E-state index is 0.0551. The number of anilines is 1. The molecule has 1 amide bonds. The molecule has 1 unspecified atom stereocenters. The summed E-state index contributed by atoms with van der Waals surface area (Å²) in [5.74, 6) is 0.501. The second-order valence-corrected chi connectivity index (χ2v) is 6.09. The van der Waals surface area contributed by atoms with Gasteiger partial charge >= 0.3 is 0 Å². The smallest absolute Gasteiger partial charge is 0.251 e.